The van der Waals surface area contributed by atoms with Crippen LogP contribution in [0.3, 0.4) is 0 Å². The van der Waals surface area contributed by atoms with Gasteiger partial charge in [0.25, 0.3) is 11.5 Å². The Labute approximate surface area is 186 Å². The molecule has 3 aromatic rings. The number of carbonyl (C=O) groups is 1. The molecular weight excluding hydrogens is 441 g/mol. The van der Waals surface area contributed by atoms with E-state index in [2.05, 4.69) is 20.0 Å². The lowest BCUT2D eigenvalue weighted by molar-refractivity contribution is -0.274. The van der Waals surface area contributed by atoms with Gasteiger partial charge in [-0.2, -0.15) is 0 Å². The standard InChI is InChI=1S/C22H23F3N4O4/c1-11(2)10-29-18-17(20(31)28-21(29)32)13(9-15(26-18)12(3)4)19(30)27-14-7-5-6-8-16(14)33-22(23,24)25/h5-9,11-12H,10H2,1-4H3,(H,27,30)(H,28,31,32). The molecule has 3 rings (SSSR count). The van der Waals surface area contributed by atoms with Crippen LogP contribution in [0, 0.1) is 5.92 Å². The Morgan fingerprint density at radius 3 is 2.45 bits per heavy atom. The number of hydrogen-bond donors (Lipinski definition) is 2. The minimum Gasteiger partial charge on any atom is -0.404 e. The second-order valence-electron chi connectivity index (χ2n) is 8.21. The van der Waals surface area contributed by atoms with Crippen molar-refractivity contribution >= 4 is 22.6 Å². The number of nitrogens with one attached hydrogen (secondary N) is 2. The molecule has 0 atom stereocenters. The van der Waals surface area contributed by atoms with Crippen molar-refractivity contribution in [2.75, 3.05) is 5.32 Å². The van der Waals surface area contributed by atoms with Gasteiger partial charge in [0.2, 0.25) is 0 Å². The van der Waals surface area contributed by atoms with Crippen molar-refractivity contribution < 1.29 is 22.7 Å². The maximum atomic E-state index is 13.2. The number of aromatic amines is 1. The van der Waals surface area contributed by atoms with Crippen LogP contribution in [0.15, 0.2) is 39.9 Å². The number of pyridine rings is 1. The molecule has 0 aliphatic heterocycles. The van der Waals surface area contributed by atoms with Gasteiger partial charge in [-0.25, -0.2) is 9.78 Å². The third-order valence-electron chi connectivity index (χ3n) is 4.71. The quantitative estimate of drug-likeness (QED) is 0.573. The number of nitrogens with zero attached hydrogens (tertiary/aromatic N) is 2. The first-order chi connectivity index (χ1) is 15.4. The minimum atomic E-state index is -4.96. The zero-order chi connectivity index (χ0) is 24.5. The summed E-state index contributed by atoms with van der Waals surface area (Å²) < 4.78 is 43.5. The van der Waals surface area contributed by atoms with E-state index in [1.54, 1.807) is 0 Å². The van der Waals surface area contributed by atoms with E-state index >= 15 is 0 Å². The van der Waals surface area contributed by atoms with Crippen molar-refractivity contribution in [1.82, 2.24) is 14.5 Å². The van der Waals surface area contributed by atoms with Crippen LogP contribution in [-0.2, 0) is 6.54 Å². The van der Waals surface area contributed by atoms with Gasteiger partial charge in [-0.1, -0.05) is 39.8 Å². The second-order valence-corrected chi connectivity index (χ2v) is 8.21. The number of carbonyl (C=O) groups excluding carboxylic acids is 1. The average Bonchev–Trinajstić information content (AvgIpc) is 2.70. The van der Waals surface area contributed by atoms with Crippen LogP contribution >= 0.6 is 0 Å². The summed E-state index contributed by atoms with van der Waals surface area (Å²) in [6.07, 6.45) is -4.96. The molecular formula is C22H23F3N4O4. The summed E-state index contributed by atoms with van der Waals surface area (Å²) in [6, 6.07) is 6.45. The predicted octanol–water partition coefficient (Wildman–Crippen LogP) is 4.02. The molecule has 0 fully saturated rings. The fourth-order valence-corrected chi connectivity index (χ4v) is 3.28. The van der Waals surface area contributed by atoms with Crippen molar-refractivity contribution in [1.29, 1.82) is 0 Å². The minimum absolute atomic E-state index is 0.0324. The number of benzene rings is 1. The molecule has 0 bridgehead atoms. The highest BCUT2D eigenvalue weighted by atomic mass is 19.4. The van der Waals surface area contributed by atoms with E-state index in [4.69, 9.17) is 0 Å². The Hall–Kier alpha value is -3.63. The SMILES string of the molecule is CC(C)Cn1c(=O)[nH]c(=O)c2c(C(=O)Nc3ccccc3OC(F)(F)F)cc(C(C)C)nc21. The molecule has 0 unspecified atom stereocenters. The Bertz CT molecular complexity index is 1310. The van der Waals surface area contributed by atoms with Gasteiger partial charge in [-0.3, -0.25) is 19.1 Å². The molecule has 1 amide bonds. The lowest BCUT2D eigenvalue weighted by atomic mass is 10.0. The van der Waals surface area contributed by atoms with Crippen LogP contribution < -0.4 is 21.3 Å². The van der Waals surface area contributed by atoms with Gasteiger partial charge < -0.3 is 10.1 Å². The van der Waals surface area contributed by atoms with Gasteiger partial charge in [-0.05, 0) is 30.0 Å². The maximum absolute atomic E-state index is 13.2. The molecule has 0 aliphatic rings. The molecule has 0 aliphatic carbocycles. The zero-order valence-corrected chi connectivity index (χ0v) is 18.4. The van der Waals surface area contributed by atoms with Gasteiger partial charge in [0.05, 0.1) is 16.6 Å². The van der Waals surface area contributed by atoms with Gasteiger partial charge in [0.1, 0.15) is 0 Å². The van der Waals surface area contributed by atoms with Crippen LogP contribution in [0.2, 0.25) is 0 Å². The number of aromatic nitrogens is 3. The first kappa shape index (κ1) is 24.0. The first-order valence-corrected chi connectivity index (χ1v) is 10.2. The fraction of sp³-hybridized carbons (Fsp3) is 0.364. The summed E-state index contributed by atoms with van der Waals surface area (Å²) in [5.41, 5.74) is -1.36. The van der Waals surface area contributed by atoms with E-state index in [9.17, 15) is 27.6 Å². The van der Waals surface area contributed by atoms with E-state index in [0.717, 1.165) is 6.07 Å². The number of fused-ring (bicyclic) bond motifs is 1. The summed E-state index contributed by atoms with van der Waals surface area (Å²) in [5.74, 6) is -1.58. The van der Waals surface area contributed by atoms with Gasteiger partial charge in [-0.15, -0.1) is 13.2 Å². The van der Waals surface area contributed by atoms with E-state index in [1.165, 1.54) is 28.8 Å². The summed E-state index contributed by atoms with van der Waals surface area (Å²) in [7, 11) is 0. The third-order valence-corrected chi connectivity index (χ3v) is 4.71. The van der Waals surface area contributed by atoms with Crippen molar-refractivity contribution in [2.45, 2.75) is 46.5 Å². The summed E-state index contributed by atoms with van der Waals surface area (Å²) in [6.45, 7) is 7.63. The summed E-state index contributed by atoms with van der Waals surface area (Å²) in [4.78, 5) is 45.0. The molecule has 11 heteroatoms. The summed E-state index contributed by atoms with van der Waals surface area (Å²) in [5, 5.41) is 2.24. The van der Waals surface area contributed by atoms with Crippen LogP contribution in [0.5, 0.6) is 5.75 Å². The second kappa shape index (κ2) is 9.08. The molecule has 8 nitrogen and oxygen atoms in total. The number of ether oxygens (including phenoxy) is 1. The van der Waals surface area contributed by atoms with Crippen molar-refractivity contribution in [2.24, 2.45) is 5.92 Å². The molecule has 2 aromatic heterocycles. The third kappa shape index (κ3) is 5.41. The van der Waals surface area contributed by atoms with Crippen LogP contribution in [0.1, 0.15) is 49.7 Å². The number of H-pyrrole nitrogens is 1. The van der Waals surface area contributed by atoms with Crippen molar-refractivity contribution in [3.8, 4) is 5.75 Å². The van der Waals surface area contributed by atoms with Crippen LogP contribution in [0.25, 0.3) is 11.0 Å². The molecule has 0 spiro atoms. The molecule has 2 N–H and O–H groups in total. The highest BCUT2D eigenvalue weighted by molar-refractivity contribution is 6.12. The van der Waals surface area contributed by atoms with Gasteiger partial charge in [0, 0.05) is 12.2 Å². The predicted molar refractivity (Wildman–Crippen MR) is 117 cm³/mol. The lowest BCUT2D eigenvalue weighted by Crippen LogP contribution is -2.33. The lowest BCUT2D eigenvalue weighted by Gasteiger charge is -2.17. The Morgan fingerprint density at radius 1 is 1.18 bits per heavy atom. The molecule has 1 aromatic carbocycles. The average molecular weight is 464 g/mol. The van der Waals surface area contributed by atoms with Crippen LogP contribution in [-0.4, -0.2) is 26.8 Å². The topological polar surface area (TPSA) is 106 Å². The number of halogens is 3. The van der Waals surface area contributed by atoms with Crippen molar-refractivity contribution in [3.63, 3.8) is 0 Å². The number of rotatable bonds is 6. The van der Waals surface area contributed by atoms with E-state index in [1.807, 2.05) is 27.7 Å². The monoisotopic (exact) mass is 464 g/mol. The van der Waals surface area contributed by atoms with Gasteiger partial charge >= 0.3 is 12.1 Å². The molecule has 2 heterocycles. The van der Waals surface area contributed by atoms with Crippen molar-refractivity contribution in [3.05, 3.63) is 62.4 Å². The highest BCUT2D eigenvalue weighted by Gasteiger charge is 2.32. The molecule has 0 saturated heterocycles. The molecule has 33 heavy (non-hydrogen) atoms. The van der Waals surface area contributed by atoms with E-state index < -0.39 is 29.3 Å². The fourth-order valence-electron chi connectivity index (χ4n) is 3.28. The summed E-state index contributed by atoms with van der Waals surface area (Å²) >= 11 is 0. The smallest absolute Gasteiger partial charge is 0.404 e. The molecule has 0 saturated carbocycles. The number of para-hydroxylation sites is 2. The van der Waals surface area contributed by atoms with Gasteiger partial charge in [0.15, 0.2) is 11.4 Å². The Kier molecular flexibility index (Phi) is 6.61. The number of hydrogen-bond acceptors (Lipinski definition) is 5. The zero-order valence-electron chi connectivity index (χ0n) is 18.4. The first-order valence-electron chi connectivity index (χ1n) is 10.2. The number of amides is 1. The van der Waals surface area contributed by atoms with Crippen LogP contribution in [0.4, 0.5) is 18.9 Å². The Morgan fingerprint density at radius 2 is 1.85 bits per heavy atom. The molecule has 176 valence electrons. The normalized spacial score (nSPS) is 11.9. The van der Waals surface area contributed by atoms with E-state index in [0.29, 0.717) is 5.69 Å². The largest absolute Gasteiger partial charge is 0.573 e. The van der Waals surface area contributed by atoms with E-state index in [-0.39, 0.29) is 40.7 Å². The maximum Gasteiger partial charge on any atom is 0.573 e. The number of anilines is 1. The number of alkyl halides is 3. The highest BCUT2D eigenvalue weighted by Crippen LogP contribution is 2.31. The Balaban J connectivity index is 2.20. The molecule has 0 radical (unpaired) electrons.